The van der Waals surface area contributed by atoms with Gasteiger partial charge >= 0.3 is 14.1 Å². The minimum Gasteiger partial charge on any atom is -0.437 e. The SMILES string of the molecule is CB(O)N1CCC[C@@H](C(=O)NNc2ccc3ccc(Br)cc3n2)N1B(C)O. The minimum absolute atomic E-state index is 0.294. The number of rotatable bonds is 5. The largest absolute Gasteiger partial charge is 0.437 e. The molecular weight excluding hydrogens is 412 g/mol. The zero-order valence-electron chi connectivity index (χ0n) is 15.3. The second-order valence-electron chi connectivity index (χ2n) is 6.61. The van der Waals surface area contributed by atoms with Crippen LogP contribution < -0.4 is 10.9 Å². The standard InChI is InChI=1S/C16H22B2BrN5O3/c1-17(26)23-9-3-4-14(24(23)18(2)27)16(25)22-21-15-8-6-11-5-7-12(19)10-13(11)20-15/h5-8,10,14,26-27H,3-4,9H2,1-2H3,(H,20,21)(H,22,25)/t14-/m0/s1. The maximum absolute atomic E-state index is 12.7. The van der Waals surface area contributed by atoms with E-state index in [1.54, 1.807) is 24.6 Å². The molecule has 2 heterocycles. The van der Waals surface area contributed by atoms with Gasteiger partial charge < -0.3 is 10.0 Å². The molecule has 4 N–H and O–H groups in total. The van der Waals surface area contributed by atoms with Crippen molar-refractivity contribution in [2.24, 2.45) is 0 Å². The van der Waals surface area contributed by atoms with Gasteiger partial charge in [0.25, 0.3) is 5.91 Å². The third-order valence-corrected chi connectivity index (χ3v) is 5.06. The topological polar surface area (TPSA) is 101 Å². The van der Waals surface area contributed by atoms with Crippen molar-refractivity contribution in [3.63, 3.8) is 0 Å². The Labute approximate surface area is 167 Å². The Morgan fingerprint density at radius 3 is 2.70 bits per heavy atom. The Balaban J connectivity index is 1.70. The first kappa shape index (κ1) is 20.1. The molecule has 1 aliphatic rings. The first-order valence-electron chi connectivity index (χ1n) is 8.90. The number of hydrazine groups is 2. The van der Waals surface area contributed by atoms with Gasteiger partial charge in [0.05, 0.1) is 11.6 Å². The third kappa shape index (κ3) is 4.61. The van der Waals surface area contributed by atoms with Crippen LogP contribution in [0.5, 0.6) is 0 Å². The van der Waals surface area contributed by atoms with Gasteiger partial charge in [-0.1, -0.05) is 22.0 Å². The summed E-state index contributed by atoms with van der Waals surface area (Å²) in [5, 5.41) is 21.0. The lowest BCUT2D eigenvalue weighted by Crippen LogP contribution is -2.66. The number of nitrogens with zero attached hydrogens (tertiary/aromatic N) is 3. The summed E-state index contributed by atoms with van der Waals surface area (Å²) in [7, 11) is -1.68. The second kappa shape index (κ2) is 8.57. The van der Waals surface area contributed by atoms with Gasteiger partial charge in [-0.2, -0.15) is 0 Å². The Hall–Kier alpha value is -1.65. The number of hydrogen-bond acceptors (Lipinski definition) is 7. The van der Waals surface area contributed by atoms with E-state index in [0.717, 1.165) is 21.8 Å². The van der Waals surface area contributed by atoms with Crippen LogP contribution in [0.3, 0.4) is 0 Å². The molecule has 27 heavy (non-hydrogen) atoms. The fourth-order valence-electron chi connectivity index (χ4n) is 3.35. The number of nitrogens with one attached hydrogen (secondary N) is 2. The van der Waals surface area contributed by atoms with Crippen LogP contribution in [0, 0.1) is 0 Å². The van der Waals surface area contributed by atoms with Crippen molar-refractivity contribution in [2.75, 3.05) is 12.0 Å². The number of carbonyl (C=O) groups excluding carboxylic acids is 1. The fraction of sp³-hybridized carbons (Fsp3) is 0.375. The molecule has 0 radical (unpaired) electrons. The van der Waals surface area contributed by atoms with E-state index in [-0.39, 0.29) is 5.91 Å². The zero-order chi connectivity index (χ0) is 19.6. The monoisotopic (exact) mass is 433 g/mol. The van der Waals surface area contributed by atoms with Gasteiger partial charge in [0.2, 0.25) is 0 Å². The molecule has 1 amide bonds. The number of benzene rings is 1. The van der Waals surface area contributed by atoms with Crippen LogP contribution >= 0.6 is 15.9 Å². The van der Waals surface area contributed by atoms with E-state index in [1.807, 2.05) is 24.3 Å². The average Bonchev–Trinajstić information content (AvgIpc) is 2.64. The molecule has 1 aromatic carbocycles. The van der Waals surface area contributed by atoms with Crippen molar-refractivity contribution < 1.29 is 14.8 Å². The van der Waals surface area contributed by atoms with Crippen molar-refractivity contribution in [3.05, 3.63) is 34.8 Å². The summed E-state index contributed by atoms with van der Waals surface area (Å²) < 4.78 is 0.927. The Kier molecular flexibility index (Phi) is 6.38. The highest BCUT2D eigenvalue weighted by molar-refractivity contribution is 9.10. The van der Waals surface area contributed by atoms with Crippen LogP contribution in [-0.2, 0) is 4.79 Å². The lowest BCUT2D eigenvalue weighted by atomic mass is 9.78. The molecule has 0 aliphatic carbocycles. The maximum Gasteiger partial charge on any atom is 0.390 e. The summed E-state index contributed by atoms with van der Waals surface area (Å²) in [4.78, 5) is 20.3. The Bertz CT molecular complexity index is 826. The van der Waals surface area contributed by atoms with Crippen LogP contribution in [0.4, 0.5) is 5.82 Å². The first-order chi connectivity index (χ1) is 12.9. The molecule has 1 fully saturated rings. The molecule has 3 rings (SSSR count). The Morgan fingerprint density at radius 2 is 2.00 bits per heavy atom. The summed E-state index contributed by atoms with van der Waals surface area (Å²) >= 11 is 3.42. The number of anilines is 1. The third-order valence-electron chi connectivity index (χ3n) is 4.57. The van der Waals surface area contributed by atoms with Crippen LogP contribution in [0.2, 0.25) is 13.6 Å². The molecule has 142 valence electrons. The van der Waals surface area contributed by atoms with Crippen molar-refractivity contribution in [1.29, 1.82) is 0 Å². The average molecular weight is 434 g/mol. The predicted octanol–water partition coefficient (Wildman–Crippen LogP) is 1.34. The van der Waals surface area contributed by atoms with E-state index in [4.69, 9.17) is 0 Å². The molecule has 11 heteroatoms. The van der Waals surface area contributed by atoms with Gasteiger partial charge in [-0.05, 0) is 50.8 Å². The molecular formula is C16H22B2BrN5O3. The molecule has 8 nitrogen and oxygen atoms in total. The molecule has 1 aromatic heterocycles. The van der Waals surface area contributed by atoms with Gasteiger partial charge in [0.15, 0.2) is 0 Å². The van der Waals surface area contributed by atoms with Crippen molar-refractivity contribution in [2.45, 2.75) is 32.5 Å². The number of hydrogen-bond donors (Lipinski definition) is 4. The van der Waals surface area contributed by atoms with Crippen molar-refractivity contribution in [3.8, 4) is 0 Å². The van der Waals surface area contributed by atoms with Gasteiger partial charge in [0.1, 0.15) is 5.82 Å². The number of halogens is 1. The summed E-state index contributed by atoms with van der Waals surface area (Å²) in [6, 6.07) is 8.92. The molecule has 1 saturated heterocycles. The van der Waals surface area contributed by atoms with Gasteiger partial charge in [-0.15, -0.1) is 0 Å². The van der Waals surface area contributed by atoms with E-state index in [9.17, 15) is 14.8 Å². The molecule has 0 saturated carbocycles. The number of carbonyl (C=O) groups is 1. The lowest BCUT2D eigenvalue weighted by Gasteiger charge is -2.45. The van der Waals surface area contributed by atoms with Crippen LogP contribution in [0.15, 0.2) is 34.8 Å². The molecule has 0 bridgehead atoms. The maximum atomic E-state index is 12.7. The van der Waals surface area contributed by atoms with Crippen molar-refractivity contribution in [1.82, 2.24) is 20.2 Å². The zero-order valence-corrected chi connectivity index (χ0v) is 16.8. The summed E-state index contributed by atoms with van der Waals surface area (Å²) in [6.45, 7) is 3.78. The Morgan fingerprint density at radius 1 is 1.26 bits per heavy atom. The van der Waals surface area contributed by atoms with E-state index in [2.05, 4.69) is 31.8 Å². The van der Waals surface area contributed by atoms with Crippen LogP contribution in [0.1, 0.15) is 12.8 Å². The number of amides is 1. The first-order valence-corrected chi connectivity index (χ1v) is 9.69. The van der Waals surface area contributed by atoms with Crippen molar-refractivity contribution >= 4 is 52.7 Å². The number of aromatic nitrogens is 1. The van der Waals surface area contributed by atoms with Gasteiger partial charge in [0, 0.05) is 16.4 Å². The summed E-state index contributed by atoms with van der Waals surface area (Å²) in [5.74, 6) is 0.220. The molecule has 1 aliphatic heterocycles. The van der Waals surface area contributed by atoms with E-state index >= 15 is 0 Å². The normalized spacial score (nSPS) is 18.3. The summed E-state index contributed by atoms with van der Waals surface area (Å²) in [6.07, 6.45) is 1.33. The number of pyridine rings is 1. The van der Waals surface area contributed by atoms with E-state index < -0.39 is 20.1 Å². The second-order valence-corrected chi connectivity index (χ2v) is 7.53. The highest BCUT2D eigenvalue weighted by atomic mass is 79.9. The van der Waals surface area contributed by atoms with E-state index in [0.29, 0.717) is 18.8 Å². The smallest absolute Gasteiger partial charge is 0.390 e. The predicted molar refractivity (Wildman–Crippen MR) is 110 cm³/mol. The van der Waals surface area contributed by atoms with Gasteiger partial charge in [-0.25, -0.2) is 9.90 Å². The number of fused-ring (bicyclic) bond motifs is 1. The fourth-order valence-corrected chi connectivity index (χ4v) is 3.70. The molecule has 0 unspecified atom stereocenters. The summed E-state index contributed by atoms with van der Waals surface area (Å²) in [5.41, 5.74) is 6.31. The van der Waals surface area contributed by atoms with Crippen LogP contribution in [-0.4, -0.2) is 57.5 Å². The lowest BCUT2D eigenvalue weighted by molar-refractivity contribution is -0.130. The molecule has 0 spiro atoms. The molecule has 2 aromatic rings. The highest BCUT2D eigenvalue weighted by Crippen LogP contribution is 2.21. The van der Waals surface area contributed by atoms with Gasteiger partial charge in [-0.3, -0.25) is 20.6 Å². The highest BCUT2D eigenvalue weighted by Gasteiger charge is 2.40. The molecule has 1 atom stereocenters. The van der Waals surface area contributed by atoms with E-state index in [1.165, 1.54) is 4.92 Å². The van der Waals surface area contributed by atoms with Crippen LogP contribution in [0.25, 0.3) is 10.9 Å². The quantitative estimate of drug-likeness (QED) is 0.417. The minimum atomic E-state index is -0.896.